The van der Waals surface area contributed by atoms with Crippen LogP contribution in [-0.4, -0.2) is 9.78 Å². The van der Waals surface area contributed by atoms with Gasteiger partial charge in [-0.2, -0.15) is 18.3 Å². The third-order valence-electron chi connectivity index (χ3n) is 2.54. The molecule has 0 unspecified atom stereocenters. The van der Waals surface area contributed by atoms with Crippen LogP contribution in [0.15, 0.2) is 30.3 Å². The first kappa shape index (κ1) is 13.4. The molecule has 18 heavy (non-hydrogen) atoms. The number of aryl methyl sites for hydroxylation is 1. The van der Waals surface area contributed by atoms with Crippen molar-refractivity contribution in [3.63, 3.8) is 0 Å². The Balaban J connectivity index is 2.55. The number of hydrogen-bond donors (Lipinski definition) is 0. The summed E-state index contributed by atoms with van der Waals surface area (Å²) < 4.78 is 39.9. The SMILES string of the molecule is Cc1cc(C(F)(F)F)nn1-c1ccccc1CI. The van der Waals surface area contributed by atoms with Crippen LogP contribution in [0.1, 0.15) is 17.0 Å². The molecule has 0 aliphatic rings. The number of alkyl halides is 4. The van der Waals surface area contributed by atoms with Crippen LogP contribution in [-0.2, 0) is 10.6 Å². The van der Waals surface area contributed by atoms with Crippen LogP contribution in [0.4, 0.5) is 13.2 Å². The zero-order valence-corrected chi connectivity index (χ0v) is 11.7. The lowest BCUT2D eigenvalue weighted by molar-refractivity contribution is -0.141. The van der Waals surface area contributed by atoms with Gasteiger partial charge in [0.25, 0.3) is 0 Å². The van der Waals surface area contributed by atoms with E-state index in [1.807, 2.05) is 12.1 Å². The van der Waals surface area contributed by atoms with Gasteiger partial charge < -0.3 is 0 Å². The third-order valence-corrected chi connectivity index (χ3v) is 3.36. The minimum Gasteiger partial charge on any atom is -0.237 e. The molecular weight excluding hydrogens is 356 g/mol. The first-order valence-electron chi connectivity index (χ1n) is 5.21. The summed E-state index contributed by atoms with van der Waals surface area (Å²) in [5, 5.41) is 3.65. The summed E-state index contributed by atoms with van der Waals surface area (Å²) in [5.74, 6) is 0. The van der Waals surface area contributed by atoms with Crippen molar-refractivity contribution in [3.05, 3.63) is 47.3 Å². The second-order valence-electron chi connectivity index (χ2n) is 3.84. The number of nitrogens with zero attached hydrogens (tertiary/aromatic N) is 2. The highest BCUT2D eigenvalue weighted by Crippen LogP contribution is 2.30. The lowest BCUT2D eigenvalue weighted by Crippen LogP contribution is -2.08. The monoisotopic (exact) mass is 366 g/mol. The van der Waals surface area contributed by atoms with Gasteiger partial charge in [0.15, 0.2) is 5.69 Å². The molecule has 2 rings (SSSR count). The topological polar surface area (TPSA) is 17.8 Å². The molecule has 96 valence electrons. The summed E-state index contributed by atoms with van der Waals surface area (Å²) in [5.41, 5.74) is 1.26. The van der Waals surface area contributed by atoms with E-state index in [1.54, 1.807) is 19.1 Å². The summed E-state index contributed by atoms with van der Waals surface area (Å²) in [6.45, 7) is 1.62. The zero-order chi connectivity index (χ0) is 13.3. The Morgan fingerprint density at radius 2 is 1.94 bits per heavy atom. The molecule has 0 atom stereocenters. The molecule has 1 aromatic carbocycles. The van der Waals surface area contributed by atoms with E-state index < -0.39 is 11.9 Å². The molecule has 1 aromatic heterocycles. The fourth-order valence-electron chi connectivity index (χ4n) is 1.69. The van der Waals surface area contributed by atoms with Gasteiger partial charge in [0.1, 0.15) is 0 Å². The molecule has 0 saturated carbocycles. The van der Waals surface area contributed by atoms with Crippen molar-refractivity contribution >= 4 is 22.6 Å². The number of hydrogen-bond acceptors (Lipinski definition) is 1. The number of para-hydroxylation sites is 1. The summed E-state index contributed by atoms with van der Waals surface area (Å²) in [6.07, 6.45) is -4.41. The van der Waals surface area contributed by atoms with E-state index in [4.69, 9.17) is 0 Å². The van der Waals surface area contributed by atoms with Crippen LogP contribution >= 0.6 is 22.6 Å². The minimum atomic E-state index is -4.41. The standard InChI is InChI=1S/C12H10F3IN2/c1-8-6-11(12(13,14)15)17-18(8)10-5-3-2-4-9(10)7-16/h2-6H,7H2,1H3. The van der Waals surface area contributed by atoms with Crippen molar-refractivity contribution < 1.29 is 13.2 Å². The van der Waals surface area contributed by atoms with Crippen molar-refractivity contribution in [2.45, 2.75) is 17.5 Å². The Bertz CT molecular complexity index is 561. The number of halogens is 4. The first-order chi connectivity index (χ1) is 8.43. The van der Waals surface area contributed by atoms with Crippen molar-refractivity contribution in [2.24, 2.45) is 0 Å². The van der Waals surface area contributed by atoms with E-state index in [1.165, 1.54) is 4.68 Å². The van der Waals surface area contributed by atoms with Gasteiger partial charge in [-0.15, -0.1) is 0 Å². The van der Waals surface area contributed by atoms with Gasteiger partial charge in [0, 0.05) is 10.1 Å². The molecule has 2 nitrogen and oxygen atoms in total. The van der Waals surface area contributed by atoms with Gasteiger partial charge in [-0.1, -0.05) is 40.8 Å². The minimum absolute atomic E-state index is 0.472. The molecule has 0 aliphatic heterocycles. The Morgan fingerprint density at radius 1 is 1.28 bits per heavy atom. The maximum Gasteiger partial charge on any atom is 0.435 e. The molecule has 0 spiro atoms. The summed E-state index contributed by atoms with van der Waals surface area (Å²) in [4.78, 5) is 0. The third kappa shape index (κ3) is 2.52. The molecule has 0 aliphatic carbocycles. The Labute approximate surface area is 116 Å². The second kappa shape index (κ2) is 4.91. The van der Waals surface area contributed by atoms with Crippen LogP contribution in [0.3, 0.4) is 0 Å². The Kier molecular flexibility index (Phi) is 3.65. The largest absolute Gasteiger partial charge is 0.435 e. The van der Waals surface area contributed by atoms with Crippen molar-refractivity contribution in [2.75, 3.05) is 0 Å². The fourth-order valence-corrected chi connectivity index (χ4v) is 2.33. The number of benzene rings is 1. The number of aromatic nitrogens is 2. The quantitative estimate of drug-likeness (QED) is 0.577. The summed E-state index contributed by atoms with van der Waals surface area (Å²) in [7, 11) is 0. The van der Waals surface area contributed by atoms with Gasteiger partial charge in [-0.3, -0.25) is 0 Å². The van der Waals surface area contributed by atoms with E-state index in [-0.39, 0.29) is 0 Å². The normalized spacial score (nSPS) is 11.8. The van der Waals surface area contributed by atoms with E-state index in [9.17, 15) is 13.2 Å². The van der Waals surface area contributed by atoms with Gasteiger partial charge in [0.05, 0.1) is 5.69 Å². The molecule has 1 heterocycles. The van der Waals surface area contributed by atoms with E-state index in [0.717, 1.165) is 11.6 Å². The highest BCUT2D eigenvalue weighted by Gasteiger charge is 2.34. The maximum absolute atomic E-state index is 12.6. The summed E-state index contributed by atoms with van der Waals surface area (Å²) >= 11 is 2.18. The highest BCUT2D eigenvalue weighted by molar-refractivity contribution is 14.1. The average Bonchev–Trinajstić information content (AvgIpc) is 2.71. The molecule has 0 fully saturated rings. The van der Waals surface area contributed by atoms with Crippen molar-refractivity contribution in [1.29, 1.82) is 0 Å². The molecule has 0 bridgehead atoms. The average molecular weight is 366 g/mol. The Morgan fingerprint density at radius 3 is 2.50 bits per heavy atom. The molecule has 0 saturated heterocycles. The van der Waals surface area contributed by atoms with Crippen LogP contribution in [0.25, 0.3) is 5.69 Å². The lowest BCUT2D eigenvalue weighted by Gasteiger charge is -2.09. The molecule has 2 aromatic rings. The molecule has 6 heteroatoms. The van der Waals surface area contributed by atoms with E-state index in [2.05, 4.69) is 27.7 Å². The number of rotatable bonds is 2. The highest BCUT2D eigenvalue weighted by atomic mass is 127. The van der Waals surface area contributed by atoms with Gasteiger partial charge in [-0.25, -0.2) is 4.68 Å². The smallest absolute Gasteiger partial charge is 0.237 e. The molecule has 0 radical (unpaired) electrons. The predicted octanol–water partition coefficient (Wildman–Crippen LogP) is 4.13. The first-order valence-corrected chi connectivity index (χ1v) is 6.74. The van der Waals surface area contributed by atoms with Gasteiger partial charge in [0.2, 0.25) is 0 Å². The molecule has 0 amide bonds. The summed E-state index contributed by atoms with van der Waals surface area (Å²) in [6, 6.07) is 8.37. The van der Waals surface area contributed by atoms with Gasteiger partial charge >= 0.3 is 6.18 Å². The maximum atomic E-state index is 12.6. The molecular formula is C12H10F3IN2. The van der Waals surface area contributed by atoms with Crippen LogP contribution in [0.2, 0.25) is 0 Å². The fraction of sp³-hybridized carbons (Fsp3) is 0.250. The zero-order valence-electron chi connectivity index (χ0n) is 9.50. The van der Waals surface area contributed by atoms with Crippen molar-refractivity contribution in [1.82, 2.24) is 9.78 Å². The Hall–Kier alpha value is -1.05. The lowest BCUT2D eigenvalue weighted by atomic mass is 10.2. The van der Waals surface area contributed by atoms with Crippen LogP contribution < -0.4 is 0 Å². The predicted molar refractivity (Wildman–Crippen MR) is 71.0 cm³/mol. The van der Waals surface area contributed by atoms with E-state index in [0.29, 0.717) is 15.8 Å². The van der Waals surface area contributed by atoms with Gasteiger partial charge in [-0.05, 0) is 24.6 Å². The van der Waals surface area contributed by atoms with E-state index >= 15 is 0 Å². The van der Waals surface area contributed by atoms with Crippen molar-refractivity contribution in [3.8, 4) is 5.69 Å². The van der Waals surface area contributed by atoms with Crippen LogP contribution in [0, 0.1) is 6.92 Å². The molecule has 0 N–H and O–H groups in total. The second-order valence-corrected chi connectivity index (χ2v) is 4.61. The van der Waals surface area contributed by atoms with Crippen LogP contribution in [0.5, 0.6) is 0 Å².